The highest BCUT2D eigenvalue weighted by molar-refractivity contribution is 6.31. The minimum Gasteiger partial charge on any atom is -0.455 e. The lowest BCUT2D eigenvalue weighted by Crippen LogP contribution is -2.09. The van der Waals surface area contributed by atoms with Crippen molar-refractivity contribution in [2.45, 2.75) is 0 Å². The average Bonchev–Trinajstić information content (AvgIpc) is 3.78. The molecule has 2 heteroatoms. The van der Waals surface area contributed by atoms with Gasteiger partial charge in [0, 0.05) is 38.8 Å². The van der Waals surface area contributed by atoms with Crippen LogP contribution in [0.4, 0.5) is 17.1 Å². The first-order valence-corrected chi connectivity index (χ1v) is 21.9. The number of rotatable bonds is 8. The number of furan rings is 1. The van der Waals surface area contributed by atoms with E-state index in [2.05, 4.69) is 254 Å². The number of benzene rings is 11. The Balaban J connectivity index is 0.916. The van der Waals surface area contributed by atoms with E-state index in [9.17, 15) is 0 Å². The van der Waals surface area contributed by atoms with E-state index in [0.717, 1.165) is 77.8 Å². The maximum atomic E-state index is 6.95. The first kappa shape index (κ1) is 37.3. The van der Waals surface area contributed by atoms with Crippen molar-refractivity contribution in [2.75, 3.05) is 4.90 Å². The summed E-state index contributed by atoms with van der Waals surface area (Å²) in [5, 5.41) is 7.07. The van der Waals surface area contributed by atoms with Crippen LogP contribution in [0.1, 0.15) is 0 Å². The van der Waals surface area contributed by atoms with Crippen molar-refractivity contribution >= 4 is 60.5 Å². The van der Waals surface area contributed by atoms with Crippen LogP contribution in [0.2, 0.25) is 0 Å². The Bertz CT molecular complexity index is 3510. The summed E-state index contributed by atoms with van der Waals surface area (Å²) < 4.78 is 6.95. The van der Waals surface area contributed by atoms with Crippen LogP contribution in [-0.2, 0) is 0 Å². The minimum absolute atomic E-state index is 0.913. The quantitative estimate of drug-likeness (QED) is 0.142. The monoisotopic (exact) mass is 815 g/mol. The number of fused-ring (bicyclic) bond motifs is 8. The van der Waals surface area contributed by atoms with Gasteiger partial charge in [0.1, 0.15) is 11.2 Å². The van der Waals surface area contributed by atoms with Crippen molar-refractivity contribution in [2.24, 2.45) is 0 Å². The molecule has 0 spiro atoms. The van der Waals surface area contributed by atoms with Gasteiger partial charge in [0.2, 0.25) is 0 Å². The Hall–Kier alpha value is -8.46. The van der Waals surface area contributed by atoms with Gasteiger partial charge in [0.15, 0.2) is 0 Å². The normalized spacial score (nSPS) is 11.4. The van der Waals surface area contributed by atoms with E-state index >= 15 is 0 Å². The second-order valence-corrected chi connectivity index (χ2v) is 16.4. The summed E-state index contributed by atoms with van der Waals surface area (Å²) in [5.74, 6) is 0. The lowest BCUT2D eigenvalue weighted by molar-refractivity contribution is 0.674. The van der Waals surface area contributed by atoms with Gasteiger partial charge >= 0.3 is 0 Å². The molecule has 0 aliphatic rings. The highest BCUT2D eigenvalue weighted by atomic mass is 16.3. The number of hydrogen-bond acceptors (Lipinski definition) is 2. The molecule has 0 unspecified atom stereocenters. The van der Waals surface area contributed by atoms with Crippen LogP contribution in [0.3, 0.4) is 0 Å². The van der Waals surface area contributed by atoms with E-state index in [4.69, 9.17) is 4.42 Å². The van der Waals surface area contributed by atoms with Crippen LogP contribution in [0.5, 0.6) is 0 Å². The highest BCUT2D eigenvalue weighted by Crippen LogP contribution is 2.46. The first-order chi connectivity index (χ1) is 31.7. The fourth-order valence-corrected chi connectivity index (χ4v) is 9.48. The van der Waals surface area contributed by atoms with Gasteiger partial charge in [-0.25, -0.2) is 0 Å². The van der Waals surface area contributed by atoms with Crippen molar-refractivity contribution in [3.05, 3.63) is 249 Å². The molecule has 0 bridgehead atoms. The van der Waals surface area contributed by atoms with Crippen LogP contribution in [0.25, 0.3) is 99.1 Å². The zero-order valence-electron chi connectivity index (χ0n) is 35.0. The third-order valence-electron chi connectivity index (χ3n) is 12.7. The standard InChI is InChI=1S/C62H41NO/c1-4-14-42(15-5-1)45-28-34-51(35-29-45)63(52-36-30-46(31-37-52)43-16-6-2-7-17-43)53-38-32-47(33-39-53)44-24-26-48(27-25-44)50-40-58(49-18-8-3-9-19-49)61-59(41-50)60-56-22-12-10-20-54(56)55-21-11-13-23-57(55)62(60)64-61/h1-41H. The van der Waals surface area contributed by atoms with Gasteiger partial charge < -0.3 is 9.32 Å². The summed E-state index contributed by atoms with van der Waals surface area (Å²) in [4.78, 5) is 2.34. The summed E-state index contributed by atoms with van der Waals surface area (Å²) in [6.45, 7) is 0. The molecule has 2 nitrogen and oxygen atoms in total. The third-order valence-corrected chi connectivity index (χ3v) is 12.7. The van der Waals surface area contributed by atoms with Crippen LogP contribution in [0.15, 0.2) is 253 Å². The van der Waals surface area contributed by atoms with Gasteiger partial charge in [-0.2, -0.15) is 0 Å². The largest absolute Gasteiger partial charge is 0.455 e. The van der Waals surface area contributed by atoms with Gasteiger partial charge in [0.05, 0.1) is 0 Å². The van der Waals surface area contributed by atoms with Crippen LogP contribution >= 0.6 is 0 Å². The van der Waals surface area contributed by atoms with Gasteiger partial charge in [-0.3, -0.25) is 0 Å². The summed E-state index contributed by atoms with van der Waals surface area (Å²) in [6.07, 6.45) is 0. The fraction of sp³-hybridized carbons (Fsp3) is 0. The fourth-order valence-electron chi connectivity index (χ4n) is 9.48. The number of nitrogens with zero attached hydrogens (tertiary/aromatic N) is 1. The van der Waals surface area contributed by atoms with Crippen LogP contribution in [-0.4, -0.2) is 0 Å². The molecule has 64 heavy (non-hydrogen) atoms. The number of hydrogen-bond donors (Lipinski definition) is 0. The van der Waals surface area contributed by atoms with Gasteiger partial charge in [-0.05, 0) is 115 Å². The van der Waals surface area contributed by atoms with E-state index in [1.54, 1.807) is 0 Å². The molecule has 12 rings (SSSR count). The average molecular weight is 816 g/mol. The molecule has 0 saturated carbocycles. The predicted molar refractivity (Wildman–Crippen MR) is 271 cm³/mol. The van der Waals surface area contributed by atoms with Gasteiger partial charge in [0.25, 0.3) is 0 Å². The molecular formula is C62H41NO. The Labute approximate surface area is 372 Å². The van der Waals surface area contributed by atoms with E-state index in [-0.39, 0.29) is 0 Å². The maximum absolute atomic E-state index is 6.95. The van der Waals surface area contributed by atoms with Crippen molar-refractivity contribution in [3.8, 4) is 55.6 Å². The Morgan fingerprint density at radius 1 is 0.234 bits per heavy atom. The minimum atomic E-state index is 0.913. The Morgan fingerprint density at radius 2 is 0.578 bits per heavy atom. The Morgan fingerprint density at radius 3 is 1.05 bits per heavy atom. The molecule has 11 aromatic carbocycles. The van der Waals surface area contributed by atoms with Crippen molar-refractivity contribution in [3.63, 3.8) is 0 Å². The lowest BCUT2D eigenvalue weighted by Gasteiger charge is -2.26. The summed E-state index contributed by atoms with van der Waals surface area (Å²) in [7, 11) is 0. The summed E-state index contributed by atoms with van der Waals surface area (Å²) in [6, 6.07) is 89.3. The smallest absolute Gasteiger partial charge is 0.143 e. The molecule has 0 aliphatic carbocycles. The predicted octanol–water partition coefficient (Wildman–Crippen LogP) is 17.7. The molecule has 300 valence electrons. The third kappa shape index (κ3) is 6.61. The van der Waals surface area contributed by atoms with Crippen molar-refractivity contribution < 1.29 is 4.42 Å². The molecule has 0 aliphatic heterocycles. The van der Waals surface area contributed by atoms with E-state index in [1.165, 1.54) is 38.4 Å². The molecule has 0 N–H and O–H groups in total. The molecule has 0 amide bonds. The van der Waals surface area contributed by atoms with Crippen molar-refractivity contribution in [1.82, 2.24) is 0 Å². The maximum Gasteiger partial charge on any atom is 0.143 e. The van der Waals surface area contributed by atoms with Crippen molar-refractivity contribution in [1.29, 1.82) is 0 Å². The first-order valence-electron chi connectivity index (χ1n) is 21.9. The second kappa shape index (κ2) is 15.8. The lowest BCUT2D eigenvalue weighted by atomic mass is 9.92. The van der Waals surface area contributed by atoms with E-state index in [1.807, 2.05) is 0 Å². The van der Waals surface area contributed by atoms with E-state index in [0.29, 0.717) is 0 Å². The molecule has 0 saturated heterocycles. The summed E-state index contributed by atoms with van der Waals surface area (Å²) in [5.41, 5.74) is 16.8. The van der Waals surface area contributed by atoms with Crippen LogP contribution in [0, 0.1) is 0 Å². The second-order valence-electron chi connectivity index (χ2n) is 16.4. The molecular weight excluding hydrogens is 775 g/mol. The Kier molecular flexibility index (Phi) is 9.20. The molecule has 1 aromatic heterocycles. The molecule has 1 heterocycles. The zero-order chi connectivity index (χ0) is 42.4. The molecule has 0 fully saturated rings. The molecule has 0 atom stereocenters. The van der Waals surface area contributed by atoms with Crippen LogP contribution < -0.4 is 4.90 Å². The molecule has 0 radical (unpaired) electrons. The SMILES string of the molecule is c1ccc(-c2ccc(N(c3ccc(-c4ccccc4)cc3)c3ccc(-c4ccc(-c5cc(-c6ccccc6)c6oc7c8ccccc8c8ccccc8c7c6c5)cc4)cc3)cc2)cc1. The number of anilines is 3. The van der Waals surface area contributed by atoms with E-state index < -0.39 is 0 Å². The summed E-state index contributed by atoms with van der Waals surface area (Å²) >= 11 is 0. The van der Waals surface area contributed by atoms with Gasteiger partial charge in [-0.15, -0.1) is 0 Å². The highest BCUT2D eigenvalue weighted by Gasteiger charge is 2.20. The zero-order valence-corrected chi connectivity index (χ0v) is 35.0. The topological polar surface area (TPSA) is 16.4 Å². The van der Waals surface area contributed by atoms with Gasteiger partial charge in [-0.1, -0.05) is 200 Å². The molecule has 12 aromatic rings.